The summed E-state index contributed by atoms with van der Waals surface area (Å²) < 4.78 is 0. The van der Waals surface area contributed by atoms with Crippen molar-refractivity contribution in [3.05, 3.63) is 35.9 Å². The van der Waals surface area contributed by atoms with E-state index in [0.29, 0.717) is 6.42 Å². The molecular formula is C17H24O2. The first-order chi connectivity index (χ1) is 9.27. The smallest absolute Gasteiger partial charge is 0.161 e. The molecule has 0 saturated heterocycles. The molecule has 104 valence electrons. The molecule has 2 heteroatoms. The minimum Gasteiger partial charge on any atom is -0.385 e. The van der Waals surface area contributed by atoms with E-state index in [1.54, 1.807) is 0 Å². The monoisotopic (exact) mass is 260 g/mol. The van der Waals surface area contributed by atoms with Crippen molar-refractivity contribution < 1.29 is 9.90 Å². The number of aryl methyl sites for hydroxylation is 1. The Balaban J connectivity index is 1.71. The molecule has 0 amide bonds. The molecule has 1 unspecified atom stereocenters. The molecule has 0 bridgehead atoms. The van der Waals surface area contributed by atoms with Crippen LogP contribution in [0.1, 0.15) is 50.5 Å². The molecule has 1 aliphatic carbocycles. The van der Waals surface area contributed by atoms with Crippen molar-refractivity contribution >= 4 is 5.78 Å². The Morgan fingerprint density at radius 3 is 2.53 bits per heavy atom. The zero-order valence-electron chi connectivity index (χ0n) is 11.6. The quantitative estimate of drug-likeness (QED) is 0.849. The summed E-state index contributed by atoms with van der Waals surface area (Å²) in [7, 11) is 0. The van der Waals surface area contributed by atoms with Gasteiger partial charge in [-0.1, -0.05) is 49.6 Å². The third-order valence-electron chi connectivity index (χ3n) is 4.16. The molecule has 2 rings (SSSR count). The van der Waals surface area contributed by atoms with E-state index in [1.807, 2.05) is 18.2 Å². The Morgan fingerprint density at radius 1 is 1.16 bits per heavy atom. The van der Waals surface area contributed by atoms with Crippen molar-refractivity contribution in [3.8, 4) is 0 Å². The molecule has 0 radical (unpaired) electrons. The van der Waals surface area contributed by atoms with Gasteiger partial charge in [-0.05, 0) is 37.2 Å². The van der Waals surface area contributed by atoms with E-state index in [-0.39, 0.29) is 11.7 Å². The van der Waals surface area contributed by atoms with E-state index in [9.17, 15) is 9.90 Å². The third kappa shape index (κ3) is 4.46. The highest BCUT2D eigenvalue weighted by Crippen LogP contribution is 2.27. The van der Waals surface area contributed by atoms with Gasteiger partial charge in [-0.15, -0.1) is 0 Å². The topological polar surface area (TPSA) is 37.3 Å². The van der Waals surface area contributed by atoms with Crippen molar-refractivity contribution in [2.75, 3.05) is 0 Å². The van der Waals surface area contributed by atoms with Crippen LogP contribution in [0.5, 0.6) is 0 Å². The van der Waals surface area contributed by atoms with E-state index in [2.05, 4.69) is 12.1 Å². The van der Waals surface area contributed by atoms with Gasteiger partial charge in [0, 0.05) is 6.42 Å². The molecule has 1 saturated carbocycles. The van der Waals surface area contributed by atoms with Crippen molar-refractivity contribution in [3.63, 3.8) is 0 Å². The summed E-state index contributed by atoms with van der Waals surface area (Å²) in [6, 6.07) is 10.2. The number of benzene rings is 1. The van der Waals surface area contributed by atoms with Crippen LogP contribution in [0.25, 0.3) is 0 Å². The molecule has 1 atom stereocenters. The summed E-state index contributed by atoms with van der Waals surface area (Å²) in [6.45, 7) is 0. The maximum Gasteiger partial charge on any atom is 0.161 e. The number of carbonyl (C=O) groups excluding carboxylic acids is 1. The summed E-state index contributed by atoms with van der Waals surface area (Å²) in [5.41, 5.74) is 1.27. The lowest BCUT2D eigenvalue weighted by Gasteiger charge is -2.25. The minimum absolute atomic E-state index is 0.0443. The van der Waals surface area contributed by atoms with Crippen LogP contribution >= 0.6 is 0 Å². The van der Waals surface area contributed by atoms with Gasteiger partial charge in [0.05, 0.1) is 0 Å². The van der Waals surface area contributed by atoms with Crippen LogP contribution in [0.3, 0.4) is 0 Å². The number of Topliss-reactive ketones (excluding diaryl/α,β-unsaturated/α-hetero) is 1. The molecule has 19 heavy (non-hydrogen) atoms. The van der Waals surface area contributed by atoms with E-state index in [4.69, 9.17) is 0 Å². The largest absolute Gasteiger partial charge is 0.385 e. The molecule has 0 aromatic heterocycles. The molecule has 1 aliphatic rings. The van der Waals surface area contributed by atoms with E-state index < -0.39 is 6.10 Å². The number of ketones is 1. The first-order valence-electron chi connectivity index (χ1n) is 7.52. The summed E-state index contributed by atoms with van der Waals surface area (Å²) in [6.07, 6.45) is 7.18. The van der Waals surface area contributed by atoms with Gasteiger partial charge in [0.15, 0.2) is 5.78 Å². The summed E-state index contributed by atoms with van der Waals surface area (Å²) in [5.74, 6) is 0.265. The van der Waals surface area contributed by atoms with E-state index >= 15 is 0 Å². The normalized spacial score (nSPS) is 18.2. The molecule has 0 aliphatic heterocycles. The zero-order chi connectivity index (χ0) is 13.5. The third-order valence-corrected chi connectivity index (χ3v) is 4.16. The maximum atomic E-state index is 12.0. The fraction of sp³-hybridized carbons (Fsp3) is 0.588. The van der Waals surface area contributed by atoms with Crippen molar-refractivity contribution in [2.45, 2.75) is 57.5 Å². The van der Waals surface area contributed by atoms with Crippen molar-refractivity contribution in [1.29, 1.82) is 0 Å². The SMILES string of the molecule is O=C(CCCc1ccccc1)C(O)C1CCCCC1. The molecule has 0 heterocycles. The first kappa shape index (κ1) is 14.3. The Kier molecular flexibility index (Phi) is 5.59. The highest BCUT2D eigenvalue weighted by atomic mass is 16.3. The Hall–Kier alpha value is -1.15. The molecule has 1 fully saturated rings. The van der Waals surface area contributed by atoms with Gasteiger partial charge in [0.2, 0.25) is 0 Å². The lowest BCUT2D eigenvalue weighted by Crippen LogP contribution is -2.31. The number of hydrogen-bond donors (Lipinski definition) is 1. The number of aliphatic hydroxyl groups is 1. The van der Waals surface area contributed by atoms with Gasteiger partial charge in [0.1, 0.15) is 6.10 Å². The highest BCUT2D eigenvalue weighted by molar-refractivity contribution is 5.83. The molecule has 2 nitrogen and oxygen atoms in total. The number of rotatable bonds is 6. The minimum atomic E-state index is -0.712. The maximum absolute atomic E-state index is 12.0. The van der Waals surface area contributed by atoms with E-state index in [1.165, 1.54) is 24.8 Å². The average Bonchev–Trinajstić information content (AvgIpc) is 2.48. The summed E-state index contributed by atoms with van der Waals surface area (Å²) in [5, 5.41) is 10.1. The lowest BCUT2D eigenvalue weighted by molar-refractivity contribution is -0.130. The van der Waals surface area contributed by atoms with Crippen LogP contribution in [0.4, 0.5) is 0 Å². The summed E-state index contributed by atoms with van der Waals surface area (Å²) in [4.78, 5) is 12.0. The van der Waals surface area contributed by atoms with Crippen LogP contribution < -0.4 is 0 Å². The first-order valence-corrected chi connectivity index (χ1v) is 7.52. The second-order valence-corrected chi connectivity index (χ2v) is 5.65. The van der Waals surface area contributed by atoms with Gasteiger partial charge in [-0.2, -0.15) is 0 Å². The molecular weight excluding hydrogens is 236 g/mol. The predicted octanol–water partition coefficient (Wildman–Crippen LogP) is 3.52. The van der Waals surface area contributed by atoms with E-state index in [0.717, 1.165) is 25.7 Å². The highest BCUT2D eigenvalue weighted by Gasteiger charge is 2.26. The molecule has 1 aromatic rings. The average molecular weight is 260 g/mol. The molecule has 1 aromatic carbocycles. The fourth-order valence-corrected chi connectivity index (χ4v) is 2.97. The van der Waals surface area contributed by atoms with Gasteiger partial charge >= 0.3 is 0 Å². The van der Waals surface area contributed by atoms with Crippen LogP contribution in [0.2, 0.25) is 0 Å². The van der Waals surface area contributed by atoms with Gasteiger partial charge in [-0.3, -0.25) is 4.79 Å². The Morgan fingerprint density at radius 2 is 1.84 bits per heavy atom. The Labute approximate surface area is 115 Å². The van der Waals surface area contributed by atoms with Crippen molar-refractivity contribution in [1.82, 2.24) is 0 Å². The van der Waals surface area contributed by atoms with Gasteiger partial charge in [-0.25, -0.2) is 0 Å². The predicted molar refractivity (Wildman–Crippen MR) is 77.0 cm³/mol. The second kappa shape index (κ2) is 7.44. The zero-order valence-corrected chi connectivity index (χ0v) is 11.6. The van der Waals surface area contributed by atoms with Crippen LogP contribution in [0.15, 0.2) is 30.3 Å². The summed E-state index contributed by atoms with van der Waals surface area (Å²) >= 11 is 0. The second-order valence-electron chi connectivity index (χ2n) is 5.65. The van der Waals surface area contributed by atoms with Crippen LogP contribution in [0, 0.1) is 5.92 Å². The number of hydrogen-bond acceptors (Lipinski definition) is 2. The van der Waals surface area contributed by atoms with Crippen molar-refractivity contribution in [2.24, 2.45) is 5.92 Å². The molecule has 0 spiro atoms. The number of carbonyl (C=O) groups is 1. The van der Waals surface area contributed by atoms with Crippen LogP contribution in [-0.2, 0) is 11.2 Å². The fourth-order valence-electron chi connectivity index (χ4n) is 2.97. The van der Waals surface area contributed by atoms with Gasteiger partial charge < -0.3 is 5.11 Å². The Bertz CT molecular complexity index is 380. The van der Waals surface area contributed by atoms with Gasteiger partial charge in [0.25, 0.3) is 0 Å². The van der Waals surface area contributed by atoms with Crippen LogP contribution in [-0.4, -0.2) is 17.0 Å². The standard InChI is InChI=1S/C17H24O2/c18-16(17(19)15-11-5-2-6-12-15)13-7-10-14-8-3-1-4-9-14/h1,3-4,8-9,15,17,19H,2,5-7,10-13H2. The molecule has 1 N–H and O–H groups in total. The number of aliphatic hydroxyl groups excluding tert-OH is 1. The lowest BCUT2D eigenvalue weighted by atomic mass is 9.83.